The highest BCUT2D eigenvalue weighted by Crippen LogP contribution is 2.49. The number of hydrogen-bond acceptors (Lipinski definition) is 10. The number of fused-ring (bicyclic) bond motifs is 1. The van der Waals surface area contributed by atoms with E-state index < -0.39 is 40.7 Å². The molecular formula is C22H23N3O9S. The maximum Gasteiger partial charge on any atom is 0.509 e. The Morgan fingerprint density at radius 3 is 2.60 bits per heavy atom. The summed E-state index contributed by atoms with van der Waals surface area (Å²) in [5.74, 6) is -2.04. The van der Waals surface area contributed by atoms with E-state index in [4.69, 9.17) is 14.2 Å². The van der Waals surface area contributed by atoms with Crippen molar-refractivity contribution in [3.63, 3.8) is 0 Å². The lowest BCUT2D eigenvalue weighted by Gasteiger charge is -2.49. The highest BCUT2D eigenvalue weighted by molar-refractivity contribution is 8.03. The van der Waals surface area contributed by atoms with Crippen molar-refractivity contribution in [2.24, 2.45) is 5.92 Å². The fraction of sp³-hybridized carbons (Fsp3) is 0.455. The van der Waals surface area contributed by atoms with Gasteiger partial charge >= 0.3 is 12.1 Å². The summed E-state index contributed by atoms with van der Waals surface area (Å²) in [6, 6.07) is 4.01. The molecule has 3 heterocycles. The Labute approximate surface area is 204 Å². The molecule has 1 aromatic carbocycles. The first-order chi connectivity index (χ1) is 16.5. The lowest BCUT2D eigenvalue weighted by molar-refractivity contribution is -0.384. The number of nitrogens with zero attached hydrogens (tertiary/aromatic N) is 2. The van der Waals surface area contributed by atoms with Crippen molar-refractivity contribution in [2.45, 2.75) is 50.4 Å². The predicted octanol–water partition coefficient (Wildman–Crippen LogP) is 1.87. The van der Waals surface area contributed by atoms with Crippen molar-refractivity contribution in [1.82, 2.24) is 10.2 Å². The minimum absolute atomic E-state index is 0.0829. The zero-order valence-electron chi connectivity index (χ0n) is 19.1. The van der Waals surface area contributed by atoms with Crippen LogP contribution in [0.4, 0.5) is 10.5 Å². The lowest BCUT2D eigenvalue weighted by atomic mass is 9.76. The molecule has 13 heteroatoms. The second-order valence-electron chi connectivity index (χ2n) is 8.63. The van der Waals surface area contributed by atoms with Crippen LogP contribution in [0.1, 0.15) is 26.3 Å². The number of amides is 2. The van der Waals surface area contributed by atoms with Crippen LogP contribution in [0.5, 0.6) is 0 Å². The SMILES string of the molecule is CC(=O)NC(C)SC1=CC2C(C3(C)COC(=O)O3)C(=O)N2C1C(=O)OCc1ccc([N+](=O)[O-])cc1. The van der Waals surface area contributed by atoms with E-state index in [0.29, 0.717) is 10.5 Å². The number of nitro groups is 1. The van der Waals surface area contributed by atoms with Gasteiger partial charge < -0.3 is 24.4 Å². The summed E-state index contributed by atoms with van der Waals surface area (Å²) < 4.78 is 15.6. The first kappa shape index (κ1) is 24.5. The van der Waals surface area contributed by atoms with E-state index >= 15 is 0 Å². The fourth-order valence-corrected chi connectivity index (χ4v) is 5.62. The number of benzene rings is 1. The van der Waals surface area contributed by atoms with Crippen molar-refractivity contribution >= 4 is 41.4 Å². The van der Waals surface area contributed by atoms with Crippen LogP contribution in [0.2, 0.25) is 0 Å². The molecule has 2 amide bonds. The van der Waals surface area contributed by atoms with Crippen LogP contribution in [0.25, 0.3) is 0 Å². The maximum atomic E-state index is 13.1. The van der Waals surface area contributed by atoms with Crippen LogP contribution in [-0.4, -0.2) is 63.4 Å². The highest BCUT2D eigenvalue weighted by Gasteiger charge is 2.65. The molecule has 0 spiro atoms. The zero-order valence-corrected chi connectivity index (χ0v) is 19.9. The van der Waals surface area contributed by atoms with Crippen LogP contribution >= 0.6 is 11.8 Å². The van der Waals surface area contributed by atoms with E-state index in [1.165, 1.54) is 47.9 Å². The van der Waals surface area contributed by atoms with E-state index in [2.05, 4.69) is 5.32 Å². The molecule has 4 rings (SSSR count). The van der Waals surface area contributed by atoms with Gasteiger partial charge in [0, 0.05) is 24.0 Å². The molecule has 0 aromatic heterocycles. The van der Waals surface area contributed by atoms with Crippen molar-refractivity contribution in [1.29, 1.82) is 0 Å². The molecule has 0 bridgehead atoms. The molecule has 0 aliphatic carbocycles. The Hall–Kier alpha value is -3.61. The molecule has 2 saturated heterocycles. The van der Waals surface area contributed by atoms with Crippen LogP contribution in [-0.2, 0) is 35.2 Å². The van der Waals surface area contributed by atoms with Crippen LogP contribution in [0.15, 0.2) is 35.2 Å². The fourth-order valence-electron chi connectivity index (χ4n) is 4.43. The quantitative estimate of drug-likeness (QED) is 0.182. The first-order valence-corrected chi connectivity index (χ1v) is 11.6. The molecule has 12 nitrogen and oxygen atoms in total. The lowest BCUT2D eigenvalue weighted by Crippen LogP contribution is -2.69. The summed E-state index contributed by atoms with van der Waals surface area (Å²) in [5, 5.41) is 13.2. The Balaban J connectivity index is 1.52. The number of carbonyl (C=O) groups excluding carboxylic acids is 4. The molecule has 186 valence electrons. The van der Waals surface area contributed by atoms with Gasteiger partial charge in [-0.05, 0) is 37.6 Å². The maximum absolute atomic E-state index is 13.1. The number of cyclic esters (lactones) is 2. The van der Waals surface area contributed by atoms with E-state index in [0.717, 1.165) is 0 Å². The van der Waals surface area contributed by atoms with Crippen molar-refractivity contribution in [2.75, 3.05) is 6.61 Å². The topological polar surface area (TPSA) is 154 Å². The number of thioether (sulfide) groups is 1. The molecular weight excluding hydrogens is 482 g/mol. The summed E-state index contributed by atoms with van der Waals surface area (Å²) in [6.07, 6.45) is 0.901. The van der Waals surface area contributed by atoms with Gasteiger partial charge in [-0.25, -0.2) is 9.59 Å². The van der Waals surface area contributed by atoms with E-state index in [1.807, 2.05) is 0 Å². The summed E-state index contributed by atoms with van der Waals surface area (Å²) >= 11 is 1.21. The van der Waals surface area contributed by atoms with Gasteiger partial charge in [0.15, 0.2) is 11.6 Å². The third-order valence-corrected chi connectivity index (χ3v) is 7.09. The number of rotatable bonds is 8. The number of β-lactam (4-membered cyclic amide) rings is 1. The predicted molar refractivity (Wildman–Crippen MR) is 121 cm³/mol. The number of ether oxygens (including phenoxy) is 3. The van der Waals surface area contributed by atoms with Gasteiger partial charge in [0.1, 0.15) is 19.1 Å². The summed E-state index contributed by atoms with van der Waals surface area (Å²) in [7, 11) is 0. The third kappa shape index (κ3) is 4.67. The van der Waals surface area contributed by atoms with Gasteiger partial charge in [-0.3, -0.25) is 19.7 Å². The standard InChI is InChI=1S/C22H23N3O9S/c1-11(26)23-12(2)35-16-8-15-17(22(3)10-33-21(29)34-22)19(27)24(15)18(16)20(28)32-9-13-4-6-14(7-5-13)25(30)31/h4-8,12,15,17-18H,9-10H2,1-3H3,(H,23,26). The van der Waals surface area contributed by atoms with Gasteiger partial charge in [-0.2, -0.15) is 0 Å². The van der Waals surface area contributed by atoms with Gasteiger partial charge in [-0.1, -0.05) is 0 Å². The number of hydrogen-bond donors (Lipinski definition) is 1. The average molecular weight is 506 g/mol. The molecule has 1 aromatic rings. The molecule has 3 aliphatic rings. The second kappa shape index (κ2) is 9.21. The van der Waals surface area contributed by atoms with Gasteiger partial charge in [-0.15, -0.1) is 11.8 Å². The molecule has 1 N–H and O–H groups in total. The first-order valence-electron chi connectivity index (χ1n) is 10.7. The summed E-state index contributed by atoms with van der Waals surface area (Å²) in [6.45, 7) is 4.50. The van der Waals surface area contributed by atoms with Crippen molar-refractivity contribution in [3.8, 4) is 0 Å². The summed E-state index contributed by atoms with van der Waals surface area (Å²) in [5.41, 5.74) is -0.712. The smallest absolute Gasteiger partial charge is 0.459 e. The number of carbonyl (C=O) groups is 4. The minimum Gasteiger partial charge on any atom is -0.459 e. The number of nitrogens with one attached hydrogen (secondary N) is 1. The second-order valence-corrected chi connectivity index (χ2v) is 10.0. The number of non-ortho nitro benzene ring substituents is 1. The summed E-state index contributed by atoms with van der Waals surface area (Å²) in [4.78, 5) is 61.4. The number of esters is 1. The normalized spacial score (nSPS) is 27.7. The van der Waals surface area contributed by atoms with Gasteiger partial charge in [0.2, 0.25) is 11.8 Å². The highest BCUT2D eigenvalue weighted by atomic mass is 32.2. The Bertz CT molecular complexity index is 1120. The zero-order chi connectivity index (χ0) is 25.5. The Morgan fingerprint density at radius 2 is 2.03 bits per heavy atom. The largest absolute Gasteiger partial charge is 0.509 e. The molecule has 5 unspecified atom stereocenters. The van der Waals surface area contributed by atoms with E-state index in [-0.39, 0.29) is 36.1 Å². The molecule has 2 fully saturated rings. The molecule has 3 aliphatic heterocycles. The van der Waals surface area contributed by atoms with Crippen LogP contribution in [0, 0.1) is 16.0 Å². The molecule has 0 radical (unpaired) electrons. The molecule has 0 saturated carbocycles. The third-order valence-electron chi connectivity index (χ3n) is 5.99. The van der Waals surface area contributed by atoms with Crippen LogP contribution in [0.3, 0.4) is 0 Å². The molecule has 5 atom stereocenters. The van der Waals surface area contributed by atoms with Crippen LogP contribution < -0.4 is 5.32 Å². The minimum atomic E-state index is -1.16. The Kier molecular flexibility index (Phi) is 6.45. The monoisotopic (exact) mass is 505 g/mol. The van der Waals surface area contributed by atoms with Gasteiger partial charge in [0.05, 0.1) is 16.3 Å². The van der Waals surface area contributed by atoms with E-state index in [9.17, 15) is 29.3 Å². The average Bonchev–Trinajstić information content (AvgIpc) is 3.28. The van der Waals surface area contributed by atoms with Crippen molar-refractivity contribution in [3.05, 3.63) is 50.9 Å². The number of nitro benzene ring substituents is 1. The molecule has 35 heavy (non-hydrogen) atoms. The van der Waals surface area contributed by atoms with Crippen molar-refractivity contribution < 1.29 is 38.3 Å². The van der Waals surface area contributed by atoms with E-state index in [1.54, 1.807) is 19.9 Å². The van der Waals surface area contributed by atoms with Gasteiger partial charge in [0.25, 0.3) is 5.69 Å². The Morgan fingerprint density at radius 1 is 1.34 bits per heavy atom.